The van der Waals surface area contributed by atoms with Gasteiger partial charge in [0.05, 0.1) is 17.0 Å². The molecular weight excluding hydrogens is 649 g/mol. The second-order valence-electron chi connectivity index (χ2n) is 9.68. The van der Waals surface area contributed by atoms with Crippen LogP contribution >= 0.6 is 39.1 Å². The lowest BCUT2D eigenvalue weighted by Crippen LogP contribution is -2.50. The third-order valence-corrected chi connectivity index (χ3v) is 8.68. The smallest absolute Gasteiger partial charge is 0.243 e. The first-order chi connectivity index (χ1) is 19.5. The van der Waals surface area contributed by atoms with Gasteiger partial charge < -0.3 is 10.2 Å². The van der Waals surface area contributed by atoms with Gasteiger partial charge >= 0.3 is 0 Å². The zero-order valence-corrected chi connectivity index (χ0v) is 26.9. The number of amides is 2. The maximum absolute atomic E-state index is 13.8. The number of hydrogen-bond donors (Lipinski definition) is 1. The van der Waals surface area contributed by atoms with E-state index in [9.17, 15) is 18.0 Å². The summed E-state index contributed by atoms with van der Waals surface area (Å²) in [5.41, 5.74) is 2.05. The van der Waals surface area contributed by atoms with E-state index in [1.807, 2.05) is 61.5 Å². The highest BCUT2D eigenvalue weighted by Crippen LogP contribution is 2.31. The van der Waals surface area contributed by atoms with Crippen LogP contribution < -0.4 is 9.62 Å². The molecule has 0 heterocycles. The maximum Gasteiger partial charge on any atom is 0.243 e. The lowest BCUT2D eigenvalue weighted by molar-refractivity contribution is -0.141. The van der Waals surface area contributed by atoms with Crippen molar-refractivity contribution in [3.63, 3.8) is 0 Å². The molecule has 0 aliphatic heterocycles. The molecule has 1 atom stereocenters. The predicted octanol–water partition coefficient (Wildman–Crippen LogP) is 6.47. The van der Waals surface area contributed by atoms with Crippen LogP contribution in [0, 0.1) is 0 Å². The summed E-state index contributed by atoms with van der Waals surface area (Å²) in [5.74, 6) is -0.490. The van der Waals surface area contributed by atoms with E-state index in [4.69, 9.17) is 23.2 Å². The van der Waals surface area contributed by atoms with Crippen molar-refractivity contribution in [2.45, 2.75) is 45.2 Å². The molecule has 0 bridgehead atoms. The van der Waals surface area contributed by atoms with Gasteiger partial charge in [-0.05, 0) is 54.3 Å². The van der Waals surface area contributed by atoms with E-state index >= 15 is 0 Å². The number of anilines is 1. The van der Waals surface area contributed by atoms with Gasteiger partial charge in [-0.3, -0.25) is 13.9 Å². The fourth-order valence-corrected chi connectivity index (χ4v) is 6.04. The molecule has 1 N–H and O–H groups in total. The molecule has 0 radical (unpaired) electrons. The first kappa shape index (κ1) is 32.9. The van der Waals surface area contributed by atoms with E-state index in [1.165, 1.54) is 12.1 Å². The molecule has 0 saturated heterocycles. The molecule has 0 aromatic heterocycles. The number of rotatable bonds is 14. The van der Waals surface area contributed by atoms with Crippen molar-refractivity contribution >= 4 is 66.7 Å². The average molecular weight is 683 g/mol. The predicted molar refractivity (Wildman–Crippen MR) is 170 cm³/mol. The number of halogens is 3. The van der Waals surface area contributed by atoms with Crippen molar-refractivity contribution in [1.82, 2.24) is 10.2 Å². The van der Waals surface area contributed by atoms with Crippen LogP contribution in [0.15, 0.2) is 77.3 Å². The SMILES string of the molecule is CCCNC(=O)[C@@H](Cc1ccccc1)N(Cc1ccc(Br)cc1)C(=O)CCCN(c1cc(Cl)ccc1Cl)S(C)(=O)=O. The number of carbonyl (C=O) groups is 2. The van der Waals surface area contributed by atoms with E-state index in [0.29, 0.717) is 18.0 Å². The molecule has 0 aliphatic rings. The van der Waals surface area contributed by atoms with Gasteiger partial charge in [0.25, 0.3) is 0 Å². The largest absolute Gasteiger partial charge is 0.354 e. The van der Waals surface area contributed by atoms with E-state index in [-0.39, 0.29) is 48.5 Å². The Hall–Kier alpha value is -2.59. The number of hydrogen-bond acceptors (Lipinski definition) is 4. The van der Waals surface area contributed by atoms with Crippen LogP contribution in [0.3, 0.4) is 0 Å². The highest BCUT2D eigenvalue weighted by Gasteiger charge is 2.30. The van der Waals surface area contributed by atoms with E-state index < -0.39 is 16.1 Å². The number of nitrogens with zero attached hydrogens (tertiary/aromatic N) is 2. The summed E-state index contributed by atoms with van der Waals surface area (Å²) in [7, 11) is -3.71. The standard InChI is InChI=1S/C30H34BrCl2N3O4S/c1-3-17-34-30(38)28(19-22-8-5-4-6-9-22)35(21-23-11-13-24(31)14-12-23)29(37)10-7-18-36(41(2,39)40)27-20-25(32)15-16-26(27)33/h4-6,8-9,11-16,20,28H,3,7,10,17-19,21H2,1-2H3,(H,34,38)/t28-/m1/s1. The van der Waals surface area contributed by atoms with Crippen molar-refractivity contribution in [3.8, 4) is 0 Å². The Morgan fingerprint density at radius 2 is 1.66 bits per heavy atom. The molecule has 0 unspecified atom stereocenters. The monoisotopic (exact) mass is 681 g/mol. The summed E-state index contributed by atoms with van der Waals surface area (Å²) < 4.78 is 27.4. The van der Waals surface area contributed by atoms with Gasteiger partial charge in [0.15, 0.2) is 0 Å². The minimum atomic E-state index is -3.71. The average Bonchev–Trinajstić information content (AvgIpc) is 2.94. The molecule has 7 nitrogen and oxygen atoms in total. The van der Waals surface area contributed by atoms with Crippen LogP contribution in [0.1, 0.15) is 37.3 Å². The fraction of sp³-hybridized carbons (Fsp3) is 0.333. The van der Waals surface area contributed by atoms with Crippen LogP contribution in [-0.4, -0.2) is 50.5 Å². The van der Waals surface area contributed by atoms with Crippen LogP contribution in [0.2, 0.25) is 10.0 Å². The van der Waals surface area contributed by atoms with Crippen molar-refractivity contribution < 1.29 is 18.0 Å². The number of sulfonamides is 1. The molecule has 0 saturated carbocycles. The minimum absolute atomic E-state index is 0.0160. The number of benzene rings is 3. The fourth-order valence-electron chi connectivity index (χ4n) is 4.37. The number of nitrogens with one attached hydrogen (secondary N) is 1. The molecule has 0 spiro atoms. The van der Waals surface area contributed by atoms with Crippen molar-refractivity contribution in [2.75, 3.05) is 23.7 Å². The lowest BCUT2D eigenvalue weighted by Gasteiger charge is -2.32. The van der Waals surface area contributed by atoms with Gasteiger partial charge in [-0.1, -0.05) is 88.5 Å². The van der Waals surface area contributed by atoms with Gasteiger partial charge in [0, 0.05) is 42.0 Å². The molecule has 3 aromatic rings. The summed E-state index contributed by atoms with van der Waals surface area (Å²) in [4.78, 5) is 28.9. The topological polar surface area (TPSA) is 86.8 Å². The Labute approximate surface area is 261 Å². The van der Waals surface area contributed by atoms with E-state index in [0.717, 1.165) is 32.6 Å². The normalized spacial score (nSPS) is 12.0. The van der Waals surface area contributed by atoms with Crippen LogP contribution in [0.5, 0.6) is 0 Å². The van der Waals surface area contributed by atoms with Crippen molar-refractivity contribution in [2.24, 2.45) is 0 Å². The zero-order valence-electron chi connectivity index (χ0n) is 23.0. The van der Waals surface area contributed by atoms with Gasteiger partial charge in [-0.2, -0.15) is 0 Å². The summed E-state index contributed by atoms with van der Waals surface area (Å²) in [5, 5.41) is 3.53. The molecule has 2 amide bonds. The zero-order chi connectivity index (χ0) is 30.0. The summed E-state index contributed by atoms with van der Waals surface area (Å²) >= 11 is 15.8. The highest BCUT2D eigenvalue weighted by molar-refractivity contribution is 9.10. The third-order valence-electron chi connectivity index (χ3n) is 6.42. The molecule has 220 valence electrons. The molecule has 11 heteroatoms. The molecule has 41 heavy (non-hydrogen) atoms. The number of carbonyl (C=O) groups excluding carboxylic acids is 2. The first-order valence-electron chi connectivity index (χ1n) is 13.3. The minimum Gasteiger partial charge on any atom is -0.354 e. The van der Waals surface area contributed by atoms with Crippen LogP contribution in [-0.2, 0) is 32.6 Å². The Morgan fingerprint density at radius 1 is 0.976 bits per heavy atom. The van der Waals surface area contributed by atoms with E-state index in [2.05, 4.69) is 21.2 Å². The summed E-state index contributed by atoms with van der Waals surface area (Å²) in [6.07, 6.45) is 2.41. The molecule has 3 aromatic carbocycles. The summed E-state index contributed by atoms with van der Waals surface area (Å²) in [6.45, 7) is 2.70. The Kier molecular flexibility index (Phi) is 12.5. The van der Waals surface area contributed by atoms with Gasteiger partial charge in [-0.15, -0.1) is 0 Å². The molecule has 0 fully saturated rings. The lowest BCUT2D eigenvalue weighted by atomic mass is 10.0. The van der Waals surface area contributed by atoms with Crippen LogP contribution in [0.4, 0.5) is 5.69 Å². The van der Waals surface area contributed by atoms with Crippen LogP contribution in [0.25, 0.3) is 0 Å². The quantitative estimate of drug-likeness (QED) is 0.211. The Balaban J connectivity index is 1.88. The molecular formula is C30H34BrCl2N3O4S. The third kappa shape index (κ3) is 10.0. The molecule has 0 aliphatic carbocycles. The van der Waals surface area contributed by atoms with Crippen molar-refractivity contribution in [3.05, 3.63) is 98.4 Å². The Morgan fingerprint density at radius 3 is 2.29 bits per heavy atom. The second-order valence-corrected chi connectivity index (χ2v) is 13.3. The van der Waals surface area contributed by atoms with Gasteiger partial charge in [0.2, 0.25) is 21.8 Å². The summed E-state index contributed by atoms with van der Waals surface area (Å²) in [6, 6.07) is 21.0. The second kappa shape index (κ2) is 15.6. The van der Waals surface area contributed by atoms with Crippen molar-refractivity contribution in [1.29, 1.82) is 0 Å². The highest BCUT2D eigenvalue weighted by atomic mass is 79.9. The Bertz CT molecular complexity index is 1420. The maximum atomic E-state index is 13.8. The van der Waals surface area contributed by atoms with E-state index in [1.54, 1.807) is 11.0 Å². The van der Waals surface area contributed by atoms with Gasteiger partial charge in [0.1, 0.15) is 6.04 Å². The van der Waals surface area contributed by atoms with Gasteiger partial charge in [-0.25, -0.2) is 8.42 Å². The molecule has 3 rings (SSSR count). The first-order valence-corrected chi connectivity index (χ1v) is 16.7.